The van der Waals surface area contributed by atoms with E-state index in [0.29, 0.717) is 0 Å². The van der Waals surface area contributed by atoms with Crippen molar-refractivity contribution in [2.45, 2.75) is 18.9 Å². The second-order valence-corrected chi connectivity index (χ2v) is 6.62. The highest BCUT2D eigenvalue weighted by molar-refractivity contribution is 9.10. The summed E-state index contributed by atoms with van der Waals surface area (Å²) in [6.45, 7) is 2.02. The van der Waals surface area contributed by atoms with E-state index in [2.05, 4.69) is 27.4 Å². The smallest absolute Gasteiger partial charge is 0.0456 e. The van der Waals surface area contributed by atoms with E-state index in [1.165, 1.54) is 4.88 Å². The Hall–Kier alpha value is -0.350. The molecule has 1 unspecified atom stereocenters. The van der Waals surface area contributed by atoms with Crippen molar-refractivity contribution in [3.63, 3.8) is 0 Å². The van der Waals surface area contributed by atoms with Crippen molar-refractivity contribution in [3.8, 4) is 0 Å². The van der Waals surface area contributed by atoms with Gasteiger partial charge in [0.15, 0.2) is 0 Å². The van der Waals surface area contributed by atoms with Crippen LogP contribution < -0.4 is 5.73 Å². The summed E-state index contributed by atoms with van der Waals surface area (Å²) in [5.74, 6) is 0. The van der Waals surface area contributed by atoms with E-state index in [-0.39, 0.29) is 0 Å². The Morgan fingerprint density at radius 3 is 2.71 bits per heavy atom. The Bertz CT molecular complexity index is 522. The van der Waals surface area contributed by atoms with Crippen LogP contribution in [0.4, 0.5) is 0 Å². The second-order valence-electron chi connectivity index (χ2n) is 4.31. The molecule has 0 saturated heterocycles. The number of benzene rings is 1. The first-order chi connectivity index (χ1) is 7.99. The molecule has 4 heteroatoms. The Morgan fingerprint density at radius 2 is 2.12 bits per heavy atom. The van der Waals surface area contributed by atoms with Crippen LogP contribution in [0.2, 0.25) is 5.02 Å². The SMILES string of the molecule is CC(N)(Cc1cc(Br)cs1)c1ccccc1Cl. The zero-order chi connectivity index (χ0) is 12.5. The first-order valence-corrected chi connectivity index (χ1v) is 7.31. The van der Waals surface area contributed by atoms with E-state index in [1.54, 1.807) is 11.3 Å². The predicted octanol–water partition coefficient (Wildman–Crippen LogP) is 4.58. The molecular weight excluding hydrogens is 318 g/mol. The lowest BCUT2D eigenvalue weighted by Gasteiger charge is -2.25. The highest BCUT2D eigenvalue weighted by atomic mass is 79.9. The summed E-state index contributed by atoms with van der Waals surface area (Å²) in [6.07, 6.45) is 0.785. The van der Waals surface area contributed by atoms with Gasteiger partial charge in [0.2, 0.25) is 0 Å². The molecule has 0 aliphatic heterocycles. The molecule has 1 aromatic heterocycles. The zero-order valence-corrected chi connectivity index (χ0v) is 12.6. The van der Waals surface area contributed by atoms with E-state index in [1.807, 2.05) is 31.2 Å². The van der Waals surface area contributed by atoms with Crippen molar-refractivity contribution in [3.05, 3.63) is 55.6 Å². The fraction of sp³-hybridized carbons (Fsp3) is 0.231. The van der Waals surface area contributed by atoms with Crippen molar-refractivity contribution in [1.82, 2.24) is 0 Å². The highest BCUT2D eigenvalue weighted by Crippen LogP contribution is 2.31. The van der Waals surface area contributed by atoms with Crippen molar-refractivity contribution in [2.75, 3.05) is 0 Å². The molecule has 2 N–H and O–H groups in total. The summed E-state index contributed by atoms with van der Waals surface area (Å²) in [6, 6.07) is 9.87. The molecule has 0 saturated carbocycles. The molecule has 0 aliphatic carbocycles. The van der Waals surface area contributed by atoms with Crippen LogP contribution in [0.15, 0.2) is 40.2 Å². The van der Waals surface area contributed by atoms with E-state index in [4.69, 9.17) is 17.3 Å². The summed E-state index contributed by atoms with van der Waals surface area (Å²) in [7, 11) is 0. The summed E-state index contributed by atoms with van der Waals surface area (Å²) >= 11 is 11.4. The number of rotatable bonds is 3. The molecule has 1 atom stereocenters. The van der Waals surface area contributed by atoms with Gasteiger partial charge in [-0.05, 0) is 40.5 Å². The average molecular weight is 331 g/mol. The topological polar surface area (TPSA) is 26.0 Å². The molecule has 90 valence electrons. The molecule has 0 aliphatic rings. The lowest BCUT2D eigenvalue weighted by Crippen LogP contribution is -2.35. The second kappa shape index (κ2) is 5.11. The number of thiophene rings is 1. The normalized spacial score (nSPS) is 14.6. The third kappa shape index (κ3) is 3.10. The first kappa shape index (κ1) is 13.1. The van der Waals surface area contributed by atoms with Gasteiger partial charge in [0.1, 0.15) is 0 Å². The molecule has 0 radical (unpaired) electrons. The zero-order valence-electron chi connectivity index (χ0n) is 9.41. The monoisotopic (exact) mass is 329 g/mol. The van der Waals surface area contributed by atoms with Gasteiger partial charge in [0, 0.05) is 31.7 Å². The third-order valence-electron chi connectivity index (χ3n) is 2.65. The molecule has 1 nitrogen and oxygen atoms in total. The molecule has 1 aromatic carbocycles. The summed E-state index contributed by atoms with van der Waals surface area (Å²) in [5, 5.41) is 2.80. The maximum atomic E-state index is 6.39. The number of halogens is 2. The third-order valence-corrected chi connectivity index (χ3v) is 4.68. The van der Waals surface area contributed by atoms with Gasteiger partial charge in [-0.1, -0.05) is 29.8 Å². The van der Waals surface area contributed by atoms with E-state index in [9.17, 15) is 0 Å². The van der Waals surface area contributed by atoms with Gasteiger partial charge in [-0.3, -0.25) is 0 Å². The van der Waals surface area contributed by atoms with Gasteiger partial charge in [0.05, 0.1) is 0 Å². The molecule has 2 aromatic rings. The van der Waals surface area contributed by atoms with Gasteiger partial charge >= 0.3 is 0 Å². The minimum atomic E-state index is -0.442. The number of nitrogens with two attached hydrogens (primary N) is 1. The first-order valence-electron chi connectivity index (χ1n) is 5.26. The van der Waals surface area contributed by atoms with Crippen LogP contribution in [0.5, 0.6) is 0 Å². The largest absolute Gasteiger partial charge is 0.321 e. The lowest BCUT2D eigenvalue weighted by molar-refractivity contribution is 0.495. The Kier molecular flexibility index (Phi) is 3.93. The van der Waals surface area contributed by atoms with Gasteiger partial charge in [0.25, 0.3) is 0 Å². The molecule has 0 bridgehead atoms. The average Bonchev–Trinajstić information content (AvgIpc) is 2.63. The van der Waals surface area contributed by atoms with Crippen LogP contribution >= 0.6 is 38.9 Å². The maximum absolute atomic E-state index is 6.39. The minimum Gasteiger partial charge on any atom is -0.321 e. The van der Waals surface area contributed by atoms with Gasteiger partial charge in [-0.15, -0.1) is 11.3 Å². The summed E-state index contributed by atoms with van der Waals surface area (Å²) in [4.78, 5) is 1.25. The standard InChI is InChI=1S/C13H13BrClNS/c1-13(16,7-10-6-9(14)8-17-10)11-4-2-3-5-12(11)15/h2-6,8H,7,16H2,1H3. The highest BCUT2D eigenvalue weighted by Gasteiger charge is 2.24. The van der Waals surface area contributed by atoms with Crippen molar-refractivity contribution in [1.29, 1.82) is 0 Å². The molecule has 0 fully saturated rings. The predicted molar refractivity (Wildman–Crippen MR) is 78.7 cm³/mol. The Balaban J connectivity index is 2.27. The Morgan fingerprint density at radius 1 is 1.41 bits per heavy atom. The van der Waals surface area contributed by atoms with Crippen LogP contribution in [-0.2, 0) is 12.0 Å². The van der Waals surface area contributed by atoms with Crippen molar-refractivity contribution >= 4 is 38.9 Å². The van der Waals surface area contributed by atoms with Crippen LogP contribution in [0, 0.1) is 0 Å². The minimum absolute atomic E-state index is 0.442. The lowest BCUT2D eigenvalue weighted by atomic mass is 9.89. The Labute approximate surface area is 119 Å². The summed E-state index contributed by atoms with van der Waals surface area (Å²) < 4.78 is 1.10. The van der Waals surface area contributed by atoms with E-state index < -0.39 is 5.54 Å². The van der Waals surface area contributed by atoms with Crippen LogP contribution in [0.25, 0.3) is 0 Å². The number of hydrogen-bond acceptors (Lipinski definition) is 2. The molecule has 0 amide bonds. The van der Waals surface area contributed by atoms with Crippen LogP contribution in [-0.4, -0.2) is 0 Å². The fourth-order valence-corrected chi connectivity index (χ4v) is 3.80. The van der Waals surface area contributed by atoms with Crippen molar-refractivity contribution in [2.24, 2.45) is 5.73 Å². The molecule has 0 spiro atoms. The van der Waals surface area contributed by atoms with Gasteiger partial charge < -0.3 is 5.73 Å². The molecule has 1 heterocycles. The van der Waals surface area contributed by atoms with E-state index >= 15 is 0 Å². The van der Waals surface area contributed by atoms with Gasteiger partial charge in [-0.25, -0.2) is 0 Å². The molecular formula is C13H13BrClNS. The quantitative estimate of drug-likeness (QED) is 0.876. The van der Waals surface area contributed by atoms with Gasteiger partial charge in [-0.2, -0.15) is 0 Å². The van der Waals surface area contributed by atoms with Crippen molar-refractivity contribution < 1.29 is 0 Å². The van der Waals surface area contributed by atoms with Crippen LogP contribution in [0.3, 0.4) is 0 Å². The molecule has 2 rings (SSSR count). The van der Waals surface area contributed by atoms with Crippen LogP contribution in [0.1, 0.15) is 17.4 Å². The number of hydrogen-bond donors (Lipinski definition) is 1. The maximum Gasteiger partial charge on any atom is 0.0456 e. The molecule has 17 heavy (non-hydrogen) atoms. The fourth-order valence-electron chi connectivity index (χ4n) is 1.83. The summed E-state index contributed by atoms with van der Waals surface area (Å²) in [5.41, 5.74) is 6.94. The van der Waals surface area contributed by atoms with E-state index in [0.717, 1.165) is 21.5 Å².